The predicted molar refractivity (Wildman–Crippen MR) is 105 cm³/mol. The number of ether oxygens (including phenoxy) is 1. The lowest BCUT2D eigenvalue weighted by atomic mass is 10.1. The number of hydrogen-bond acceptors (Lipinski definition) is 4. The van der Waals surface area contributed by atoms with E-state index in [9.17, 15) is 13.2 Å². The molecule has 2 aromatic carbocycles. The van der Waals surface area contributed by atoms with Crippen LogP contribution in [0.3, 0.4) is 0 Å². The number of hydrogen-bond donors (Lipinski definition) is 2. The van der Waals surface area contributed by atoms with Gasteiger partial charge in [0, 0.05) is 11.6 Å². The highest BCUT2D eigenvalue weighted by atomic mass is 32.2. The first-order valence-electron chi connectivity index (χ1n) is 8.97. The average molecular weight is 388 g/mol. The van der Waals surface area contributed by atoms with Crippen LogP contribution in [0.1, 0.15) is 41.6 Å². The summed E-state index contributed by atoms with van der Waals surface area (Å²) in [6.45, 7) is 1.80. The molecule has 1 amide bonds. The number of nitrogens with one attached hydrogen (secondary N) is 2. The van der Waals surface area contributed by atoms with Crippen molar-refractivity contribution in [1.29, 1.82) is 0 Å². The molecule has 1 fully saturated rings. The quantitative estimate of drug-likeness (QED) is 0.793. The molecule has 0 heterocycles. The van der Waals surface area contributed by atoms with E-state index >= 15 is 0 Å². The summed E-state index contributed by atoms with van der Waals surface area (Å²) >= 11 is 0. The highest BCUT2D eigenvalue weighted by molar-refractivity contribution is 7.92. The molecule has 0 atom stereocenters. The SMILES string of the molecule is COc1ccc(S(=O)(=O)Nc2cc(C(=O)NC3CCCC3)ccc2C)cc1. The van der Waals surface area contributed by atoms with Gasteiger partial charge in [-0.1, -0.05) is 18.9 Å². The van der Waals surface area contributed by atoms with Crippen LogP contribution in [0, 0.1) is 6.92 Å². The molecule has 1 saturated carbocycles. The van der Waals surface area contributed by atoms with Gasteiger partial charge in [-0.2, -0.15) is 0 Å². The van der Waals surface area contributed by atoms with Crippen molar-refractivity contribution in [1.82, 2.24) is 5.32 Å². The third kappa shape index (κ3) is 4.60. The number of carbonyl (C=O) groups is 1. The minimum absolute atomic E-state index is 0.128. The van der Waals surface area contributed by atoms with Crippen LogP contribution in [-0.2, 0) is 10.0 Å². The van der Waals surface area contributed by atoms with Crippen molar-refractivity contribution in [2.45, 2.75) is 43.5 Å². The number of sulfonamides is 1. The maximum Gasteiger partial charge on any atom is 0.261 e. The van der Waals surface area contributed by atoms with Crippen molar-refractivity contribution in [3.8, 4) is 5.75 Å². The maximum absolute atomic E-state index is 12.7. The molecule has 0 saturated heterocycles. The van der Waals surface area contributed by atoms with Crippen LogP contribution in [0.25, 0.3) is 0 Å². The van der Waals surface area contributed by atoms with Gasteiger partial charge in [-0.05, 0) is 61.7 Å². The summed E-state index contributed by atoms with van der Waals surface area (Å²) in [4.78, 5) is 12.6. The maximum atomic E-state index is 12.7. The van der Waals surface area contributed by atoms with Gasteiger partial charge in [0.15, 0.2) is 0 Å². The number of methoxy groups -OCH3 is 1. The van der Waals surface area contributed by atoms with Crippen molar-refractivity contribution in [3.05, 3.63) is 53.6 Å². The first-order chi connectivity index (χ1) is 12.9. The van der Waals surface area contributed by atoms with Crippen LogP contribution in [0.2, 0.25) is 0 Å². The summed E-state index contributed by atoms with van der Waals surface area (Å²) in [7, 11) is -2.24. The number of anilines is 1. The summed E-state index contributed by atoms with van der Waals surface area (Å²) in [6, 6.07) is 11.4. The van der Waals surface area contributed by atoms with Gasteiger partial charge < -0.3 is 10.1 Å². The molecule has 144 valence electrons. The van der Waals surface area contributed by atoms with Gasteiger partial charge in [-0.3, -0.25) is 9.52 Å². The Labute approximate surface area is 160 Å². The summed E-state index contributed by atoms with van der Waals surface area (Å²) in [6.07, 6.45) is 4.25. The van der Waals surface area contributed by atoms with E-state index in [0.29, 0.717) is 17.0 Å². The first kappa shape index (κ1) is 19.2. The lowest BCUT2D eigenvalue weighted by Gasteiger charge is -2.15. The molecule has 0 unspecified atom stereocenters. The molecule has 0 bridgehead atoms. The Hall–Kier alpha value is -2.54. The number of amides is 1. The van der Waals surface area contributed by atoms with E-state index in [1.54, 1.807) is 37.3 Å². The Morgan fingerprint density at radius 3 is 2.37 bits per heavy atom. The molecule has 2 N–H and O–H groups in total. The summed E-state index contributed by atoms with van der Waals surface area (Å²) in [5, 5.41) is 3.02. The normalized spacial score (nSPS) is 14.7. The van der Waals surface area contributed by atoms with Crippen molar-refractivity contribution < 1.29 is 17.9 Å². The largest absolute Gasteiger partial charge is 0.497 e. The van der Waals surface area contributed by atoms with E-state index in [1.807, 2.05) is 0 Å². The van der Waals surface area contributed by atoms with Gasteiger partial charge in [-0.25, -0.2) is 8.42 Å². The average Bonchev–Trinajstić information content (AvgIpc) is 3.16. The topological polar surface area (TPSA) is 84.5 Å². The van der Waals surface area contributed by atoms with Gasteiger partial charge >= 0.3 is 0 Å². The zero-order chi connectivity index (χ0) is 19.4. The van der Waals surface area contributed by atoms with Crippen molar-refractivity contribution in [2.75, 3.05) is 11.8 Å². The Balaban J connectivity index is 1.79. The number of aryl methyl sites for hydroxylation is 1. The standard InChI is InChI=1S/C20H24N2O4S/c1-14-7-8-15(20(23)21-16-5-3-4-6-16)13-19(14)22-27(24,25)18-11-9-17(26-2)10-12-18/h7-13,16,22H,3-6H2,1-2H3,(H,21,23). The Kier molecular flexibility index (Phi) is 5.70. The number of benzene rings is 2. The van der Waals surface area contributed by atoms with E-state index in [-0.39, 0.29) is 16.8 Å². The van der Waals surface area contributed by atoms with Crippen LogP contribution >= 0.6 is 0 Å². The molecule has 0 aromatic heterocycles. The van der Waals surface area contributed by atoms with Crippen LogP contribution in [0.4, 0.5) is 5.69 Å². The summed E-state index contributed by atoms with van der Waals surface area (Å²) in [5.41, 5.74) is 1.58. The zero-order valence-electron chi connectivity index (χ0n) is 15.5. The summed E-state index contributed by atoms with van der Waals surface area (Å²) < 4.78 is 33.0. The monoisotopic (exact) mass is 388 g/mol. The molecule has 27 heavy (non-hydrogen) atoms. The fraction of sp³-hybridized carbons (Fsp3) is 0.350. The fourth-order valence-corrected chi connectivity index (χ4v) is 4.29. The lowest BCUT2D eigenvalue weighted by molar-refractivity contribution is 0.0938. The van der Waals surface area contributed by atoms with Gasteiger partial charge in [-0.15, -0.1) is 0 Å². The minimum atomic E-state index is -3.76. The second-order valence-corrected chi connectivity index (χ2v) is 8.45. The predicted octanol–water partition coefficient (Wildman–Crippen LogP) is 3.48. The molecular formula is C20H24N2O4S. The molecule has 0 spiro atoms. The Bertz CT molecular complexity index is 917. The number of carbonyl (C=O) groups excluding carboxylic acids is 1. The fourth-order valence-electron chi connectivity index (χ4n) is 3.17. The molecule has 6 nitrogen and oxygen atoms in total. The molecule has 0 aliphatic heterocycles. The Morgan fingerprint density at radius 1 is 1.07 bits per heavy atom. The lowest BCUT2D eigenvalue weighted by Crippen LogP contribution is -2.32. The third-order valence-corrected chi connectivity index (χ3v) is 6.19. The van der Waals surface area contributed by atoms with E-state index in [2.05, 4.69) is 10.0 Å². The molecule has 7 heteroatoms. The molecular weight excluding hydrogens is 364 g/mol. The van der Waals surface area contributed by atoms with E-state index in [1.165, 1.54) is 19.2 Å². The smallest absolute Gasteiger partial charge is 0.261 e. The first-order valence-corrected chi connectivity index (χ1v) is 10.5. The van der Waals surface area contributed by atoms with Crippen molar-refractivity contribution in [3.63, 3.8) is 0 Å². The minimum Gasteiger partial charge on any atom is -0.497 e. The van der Waals surface area contributed by atoms with Crippen LogP contribution in [0.15, 0.2) is 47.4 Å². The van der Waals surface area contributed by atoms with Crippen LogP contribution in [-0.4, -0.2) is 27.5 Å². The molecule has 0 radical (unpaired) electrons. The highest BCUT2D eigenvalue weighted by Crippen LogP contribution is 2.23. The van der Waals surface area contributed by atoms with Gasteiger partial charge in [0.2, 0.25) is 0 Å². The Morgan fingerprint density at radius 2 is 1.74 bits per heavy atom. The zero-order valence-corrected chi connectivity index (χ0v) is 16.3. The molecule has 2 aromatic rings. The van der Waals surface area contributed by atoms with E-state index < -0.39 is 10.0 Å². The third-order valence-electron chi connectivity index (χ3n) is 4.80. The van der Waals surface area contributed by atoms with Gasteiger partial charge in [0.1, 0.15) is 5.75 Å². The van der Waals surface area contributed by atoms with Crippen molar-refractivity contribution in [2.24, 2.45) is 0 Å². The van der Waals surface area contributed by atoms with Gasteiger partial charge in [0.05, 0.1) is 17.7 Å². The molecule has 3 rings (SSSR count). The second kappa shape index (κ2) is 8.00. The van der Waals surface area contributed by atoms with Crippen molar-refractivity contribution >= 4 is 21.6 Å². The van der Waals surface area contributed by atoms with E-state index in [4.69, 9.17) is 4.74 Å². The number of rotatable bonds is 6. The van der Waals surface area contributed by atoms with Crippen LogP contribution < -0.4 is 14.8 Å². The van der Waals surface area contributed by atoms with Gasteiger partial charge in [0.25, 0.3) is 15.9 Å². The molecule has 1 aliphatic carbocycles. The second-order valence-electron chi connectivity index (χ2n) is 6.77. The molecule has 1 aliphatic rings. The highest BCUT2D eigenvalue weighted by Gasteiger charge is 2.20. The summed E-state index contributed by atoms with van der Waals surface area (Å²) in [5.74, 6) is 0.405. The van der Waals surface area contributed by atoms with Crippen LogP contribution in [0.5, 0.6) is 5.75 Å². The van der Waals surface area contributed by atoms with E-state index in [0.717, 1.165) is 31.2 Å².